The number of rotatable bonds is 5. The van der Waals surface area contributed by atoms with E-state index in [4.69, 9.17) is 18.0 Å². The summed E-state index contributed by atoms with van der Waals surface area (Å²) in [5.41, 5.74) is 5.85. The maximum Gasteiger partial charge on any atom is 0.232 e. The minimum absolute atomic E-state index is 0.140. The van der Waals surface area contributed by atoms with Gasteiger partial charge in [-0.15, -0.1) is 0 Å². The Morgan fingerprint density at radius 1 is 1.47 bits per heavy atom. The van der Waals surface area contributed by atoms with E-state index in [2.05, 4.69) is 10.3 Å². The number of carbonyl (C=O) groups excluding carboxylic acids is 1. The van der Waals surface area contributed by atoms with Gasteiger partial charge in [0.1, 0.15) is 0 Å². The number of aromatic nitrogens is 1. The van der Waals surface area contributed by atoms with Crippen molar-refractivity contribution in [2.45, 2.75) is 20.3 Å². The molecule has 0 unspecified atom stereocenters. The summed E-state index contributed by atoms with van der Waals surface area (Å²) in [5, 5.41) is 2.83. The predicted molar refractivity (Wildman–Crippen MR) is 71.5 cm³/mol. The first-order valence-electron chi connectivity index (χ1n) is 5.41. The number of hydrogen-bond donors (Lipinski definition) is 2. The molecule has 1 aromatic rings. The Morgan fingerprint density at radius 2 is 2.06 bits per heavy atom. The van der Waals surface area contributed by atoms with E-state index in [-0.39, 0.29) is 10.9 Å². The van der Waals surface area contributed by atoms with Crippen molar-refractivity contribution in [3.8, 4) is 0 Å². The molecule has 0 saturated heterocycles. The van der Waals surface area contributed by atoms with E-state index in [1.54, 1.807) is 26.2 Å². The number of nitrogens with two attached hydrogens (primary N) is 1. The summed E-state index contributed by atoms with van der Waals surface area (Å²) in [7, 11) is 0. The van der Waals surface area contributed by atoms with Crippen molar-refractivity contribution >= 4 is 23.1 Å². The quantitative estimate of drug-likeness (QED) is 0.768. The average Bonchev–Trinajstić information content (AvgIpc) is 2.30. The Morgan fingerprint density at radius 3 is 2.59 bits per heavy atom. The molecule has 3 N–H and O–H groups in total. The van der Waals surface area contributed by atoms with Crippen molar-refractivity contribution in [2.75, 3.05) is 6.54 Å². The van der Waals surface area contributed by atoms with Gasteiger partial charge in [-0.25, -0.2) is 0 Å². The zero-order chi connectivity index (χ0) is 12.9. The minimum Gasteiger partial charge on any atom is -0.392 e. The normalized spacial score (nSPS) is 10.9. The number of pyridine rings is 1. The molecular formula is C12H17N3OS. The highest BCUT2D eigenvalue weighted by Gasteiger charge is 2.30. The summed E-state index contributed by atoms with van der Waals surface area (Å²) in [4.78, 5) is 15.9. The second kappa shape index (κ2) is 5.72. The fourth-order valence-electron chi connectivity index (χ4n) is 1.20. The summed E-state index contributed by atoms with van der Waals surface area (Å²) in [6.07, 6.45) is 4.23. The maximum absolute atomic E-state index is 11.8. The van der Waals surface area contributed by atoms with Crippen molar-refractivity contribution < 1.29 is 4.79 Å². The first-order valence-corrected chi connectivity index (χ1v) is 5.82. The third-order valence-corrected chi connectivity index (χ3v) is 3.14. The lowest BCUT2D eigenvalue weighted by molar-refractivity contribution is -0.126. The summed E-state index contributed by atoms with van der Waals surface area (Å²) in [5.74, 6) is -0.140. The van der Waals surface area contributed by atoms with Crippen molar-refractivity contribution in [2.24, 2.45) is 11.1 Å². The standard InChI is InChI=1S/C12H17N3OS/c1-12(2,10(13)17)11(16)15-8-5-9-3-6-14-7-4-9/h3-4,6-7H,5,8H2,1-2H3,(H2,13,17)(H,15,16). The number of nitrogens with zero attached hydrogens (tertiary/aromatic N) is 1. The van der Waals surface area contributed by atoms with Crippen LogP contribution >= 0.6 is 12.2 Å². The Kier molecular flexibility index (Phi) is 4.57. The van der Waals surface area contributed by atoms with Crippen LogP contribution in [-0.4, -0.2) is 22.4 Å². The van der Waals surface area contributed by atoms with E-state index in [0.29, 0.717) is 6.54 Å². The van der Waals surface area contributed by atoms with Crippen molar-refractivity contribution in [1.29, 1.82) is 0 Å². The molecule has 1 rings (SSSR count). The Bertz CT molecular complexity index is 403. The molecular weight excluding hydrogens is 234 g/mol. The molecule has 0 fully saturated rings. The van der Waals surface area contributed by atoms with Gasteiger partial charge in [-0.3, -0.25) is 9.78 Å². The van der Waals surface area contributed by atoms with Crippen LogP contribution in [0, 0.1) is 5.41 Å². The third-order valence-electron chi connectivity index (χ3n) is 2.63. The van der Waals surface area contributed by atoms with Crippen molar-refractivity contribution in [3.63, 3.8) is 0 Å². The molecule has 1 aromatic heterocycles. The molecule has 0 aliphatic heterocycles. The molecule has 0 aromatic carbocycles. The van der Waals surface area contributed by atoms with Crippen LogP contribution in [0.4, 0.5) is 0 Å². The summed E-state index contributed by atoms with van der Waals surface area (Å²) in [6.45, 7) is 4.00. The molecule has 17 heavy (non-hydrogen) atoms. The Labute approximate surface area is 107 Å². The van der Waals surface area contributed by atoms with Crippen LogP contribution in [0.25, 0.3) is 0 Å². The fourth-order valence-corrected chi connectivity index (χ4v) is 1.30. The Hall–Kier alpha value is -1.49. The van der Waals surface area contributed by atoms with Gasteiger partial charge in [-0.05, 0) is 38.0 Å². The zero-order valence-electron chi connectivity index (χ0n) is 10.1. The molecule has 1 heterocycles. The van der Waals surface area contributed by atoms with Gasteiger partial charge in [0, 0.05) is 18.9 Å². The largest absolute Gasteiger partial charge is 0.392 e. The second-order valence-electron chi connectivity index (χ2n) is 4.35. The number of amides is 1. The van der Waals surface area contributed by atoms with Gasteiger partial charge in [-0.2, -0.15) is 0 Å². The van der Waals surface area contributed by atoms with E-state index in [9.17, 15) is 4.79 Å². The summed E-state index contributed by atoms with van der Waals surface area (Å²) < 4.78 is 0. The van der Waals surface area contributed by atoms with Crippen LogP contribution in [0.1, 0.15) is 19.4 Å². The SMILES string of the molecule is CC(C)(C(=O)NCCc1ccncc1)C(N)=S. The summed E-state index contributed by atoms with van der Waals surface area (Å²) >= 11 is 4.86. The average molecular weight is 251 g/mol. The molecule has 0 saturated carbocycles. The van der Waals surface area contributed by atoms with Crippen LogP contribution < -0.4 is 11.1 Å². The van der Waals surface area contributed by atoms with Gasteiger partial charge in [-0.1, -0.05) is 12.2 Å². The van der Waals surface area contributed by atoms with E-state index in [0.717, 1.165) is 12.0 Å². The van der Waals surface area contributed by atoms with E-state index >= 15 is 0 Å². The first kappa shape index (κ1) is 13.6. The fraction of sp³-hybridized carbons (Fsp3) is 0.417. The van der Waals surface area contributed by atoms with E-state index in [1.807, 2.05) is 12.1 Å². The van der Waals surface area contributed by atoms with Crippen LogP contribution in [0.15, 0.2) is 24.5 Å². The first-order chi connectivity index (χ1) is 7.94. The van der Waals surface area contributed by atoms with Crippen molar-refractivity contribution in [3.05, 3.63) is 30.1 Å². The summed E-state index contributed by atoms with van der Waals surface area (Å²) in [6, 6.07) is 3.84. The van der Waals surface area contributed by atoms with Crippen LogP contribution in [0.5, 0.6) is 0 Å². The Balaban J connectivity index is 2.42. The molecule has 4 nitrogen and oxygen atoms in total. The number of hydrogen-bond acceptors (Lipinski definition) is 3. The maximum atomic E-state index is 11.8. The molecule has 0 bridgehead atoms. The van der Waals surface area contributed by atoms with Gasteiger partial charge in [0.15, 0.2) is 0 Å². The second-order valence-corrected chi connectivity index (χ2v) is 4.79. The van der Waals surface area contributed by atoms with Crippen molar-refractivity contribution in [1.82, 2.24) is 10.3 Å². The van der Waals surface area contributed by atoms with Crippen LogP contribution in [-0.2, 0) is 11.2 Å². The topological polar surface area (TPSA) is 68.0 Å². The third kappa shape index (κ3) is 3.78. The lowest BCUT2D eigenvalue weighted by Crippen LogP contribution is -2.45. The van der Waals surface area contributed by atoms with Gasteiger partial charge in [0.2, 0.25) is 5.91 Å². The lowest BCUT2D eigenvalue weighted by atomic mass is 9.92. The van der Waals surface area contributed by atoms with Crippen LogP contribution in [0.3, 0.4) is 0 Å². The van der Waals surface area contributed by atoms with Gasteiger partial charge >= 0.3 is 0 Å². The van der Waals surface area contributed by atoms with Gasteiger partial charge in [0.25, 0.3) is 0 Å². The monoisotopic (exact) mass is 251 g/mol. The number of carbonyl (C=O) groups is 1. The lowest BCUT2D eigenvalue weighted by Gasteiger charge is -2.21. The highest BCUT2D eigenvalue weighted by molar-refractivity contribution is 7.80. The molecule has 5 heteroatoms. The van der Waals surface area contributed by atoms with Gasteiger partial charge < -0.3 is 11.1 Å². The molecule has 1 amide bonds. The molecule has 92 valence electrons. The highest BCUT2D eigenvalue weighted by atomic mass is 32.1. The predicted octanol–water partition coefficient (Wildman–Crippen LogP) is 1.05. The van der Waals surface area contributed by atoms with Crippen LogP contribution in [0.2, 0.25) is 0 Å². The number of thiocarbonyl (C=S) groups is 1. The van der Waals surface area contributed by atoms with E-state index in [1.165, 1.54) is 0 Å². The highest BCUT2D eigenvalue weighted by Crippen LogP contribution is 2.15. The zero-order valence-corrected chi connectivity index (χ0v) is 10.9. The smallest absolute Gasteiger partial charge is 0.232 e. The van der Waals surface area contributed by atoms with E-state index < -0.39 is 5.41 Å². The number of nitrogens with one attached hydrogen (secondary N) is 1. The molecule has 0 atom stereocenters. The molecule has 0 radical (unpaired) electrons. The minimum atomic E-state index is -0.798. The molecule has 0 spiro atoms. The molecule has 0 aliphatic carbocycles. The van der Waals surface area contributed by atoms with Gasteiger partial charge in [0.05, 0.1) is 10.4 Å². The molecule has 0 aliphatic rings.